The van der Waals surface area contributed by atoms with Crippen molar-refractivity contribution < 1.29 is 9.53 Å². The lowest BCUT2D eigenvalue weighted by molar-refractivity contribution is -0.123. The summed E-state index contributed by atoms with van der Waals surface area (Å²) in [5.41, 5.74) is 1.07. The molecule has 0 heterocycles. The number of amides is 1. The van der Waals surface area contributed by atoms with Gasteiger partial charge in [0.25, 0.3) is 5.91 Å². The van der Waals surface area contributed by atoms with Crippen LogP contribution < -0.4 is 15.4 Å². The zero-order valence-corrected chi connectivity index (χ0v) is 12.7. The lowest BCUT2D eigenvalue weighted by Gasteiger charge is -2.16. The average molecular weight is 278 g/mol. The molecule has 1 aromatic carbocycles. The zero-order valence-electron chi connectivity index (χ0n) is 12.7. The van der Waals surface area contributed by atoms with Gasteiger partial charge in [-0.15, -0.1) is 0 Å². The monoisotopic (exact) mass is 278 g/mol. The molecule has 1 amide bonds. The van der Waals surface area contributed by atoms with E-state index >= 15 is 0 Å². The smallest absolute Gasteiger partial charge is 0.258 e. The summed E-state index contributed by atoms with van der Waals surface area (Å²) >= 11 is 0. The van der Waals surface area contributed by atoms with Gasteiger partial charge in [0.15, 0.2) is 6.61 Å². The molecule has 0 aliphatic carbocycles. The fourth-order valence-corrected chi connectivity index (χ4v) is 1.96. The predicted molar refractivity (Wildman–Crippen MR) is 81.8 cm³/mol. The molecule has 0 bridgehead atoms. The molecule has 4 heteroatoms. The molecule has 112 valence electrons. The summed E-state index contributed by atoms with van der Waals surface area (Å²) in [4.78, 5) is 11.8. The molecule has 2 N–H and O–H groups in total. The summed E-state index contributed by atoms with van der Waals surface area (Å²) in [6.07, 6.45) is 1.89. The molecule has 0 fully saturated rings. The van der Waals surface area contributed by atoms with Crippen LogP contribution in [-0.4, -0.2) is 25.1 Å². The Morgan fingerprint density at radius 3 is 2.55 bits per heavy atom. The Hall–Kier alpha value is -1.55. The van der Waals surface area contributed by atoms with Crippen LogP contribution in [0.25, 0.3) is 0 Å². The first-order valence-electron chi connectivity index (χ1n) is 7.41. The highest BCUT2D eigenvalue weighted by molar-refractivity contribution is 5.77. The number of hydrogen-bond acceptors (Lipinski definition) is 3. The van der Waals surface area contributed by atoms with E-state index in [9.17, 15) is 4.79 Å². The number of ether oxygens (including phenoxy) is 1. The third-order valence-electron chi connectivity index (χ3n) is 3.25. The fourth-order valence-electron chi connectivity index (χ4n) is 1.96. The van der Waals surface area contributed by atoms with Crippen molar-refractivity contribution in [2.75, 3.05) is 13.2 Å². The second kappa shape index (κ2) is 9.37. The van der Waals surface area contributed by atoms with Crippen molar-refractivity contribution in [3.05, 3.63) is 29.8 Å². The molecule has 0 atom stereocenters. The van der Waals surface area contributed by atoms with Crippen molar-refractivity contribution in [3.63, 3.8) is 0 Å². The van der Waals surface area contributed by atoms with Crippen molar-refractivity contribution in [2.24, 2.45) is 0 Å². The maximum absolute atomic E-state index is 11.8. The Balaban J connectivity index is 2.50. The van der Waals surface area contributed by atoms with Gasteiger partial charge in [-0.25, -0.2) is 0 Å². The second-order valence-corrected chi connectivity index (χ2v) is 4.76. The van der Waals surface area contributed by atoms with Gasteiger partial charge < -0.3 is 15.4 Å². The van der Waals surface area contributed by atoms with Crippen LogP contribution in [0.5, 0.6) is 5.75 Å². The number of hydrogen-bond donors (Lipinski definition) is 2. The number of carbonyl (C=O) groups excluding carboxylic acids is 1. The lowest BCUT2D eigenvalue weighted by Crippen LogP contribution is -2.37. The van der Waals surface area contributed by atoms with E-state index in [0.717, 1.165) is 37.2 Å². The Morgan fingerprint density at radius 2 is 1.90 bits per heavy atom. The quantitative estimate of drug-likeness (QED) is 0.729. The van der Waals surface area contributed by atoms with Gasteiger partial charge in [-0.05, 0) is 25.5 Å². The molecule has 0 aromatic heterocycles. The number of carbonyl (C=O) groups is 1. The first kappa shape index (κ1) is 16.5. The predicted octanol–water partition coefficient (Wildman–Crippen LogP) is 2.48. The molecule has 20 heavy (non-hydrogen) atoms. The average Bonchev–Trinajstić information content (AvgIpc) is 2.49. The van der Waals surface area contributed by atoms with Gasteiger partial charge in [0, 0.05) is 18.2 Å². The maximum Gasteiger partial charge on any atom is 0.258 e. The molecule has 0 saturated heterocycles. The largest absolute Gasteiger partial charge is 0.483 e. The normalized spacial score (nSPS) is 10.6. The van der Waals surface area contributed by atoms with E-state index in [4.69, 9.17) is 4.74 Å². The van der Waals surface area contributed by atoms with Gasteiger partial charge in [-0.3, -0.25) is 4.79 Å². The Kier molecular flexibility index (Phi) is 7.73. The van der Waals surface area contributed by atoms with Gasteiger partial charge in [0.05, 0.1) is 0 Å². The Morgan fingerprint density at radius 1 is 1.20 bits per heavy atom. The van der Waals surface area contributed by atoms with Crippen LogP contribution in [0, 0.1) is 0 Å². The maximum atomic E-state index is 11.8. The lowest BCUT2D eigenvalue weighted by atomic mass is 10.2. The van der Waals surface area contributed by atoms with Gasteiger partial charge in [0.1, 0.15) is 5.75 Å². The molecule has 0 radical (unpaired) electrons. The van der Waals surface area contributed by atoms with Gasteiger partial charge in [-0.1, -0.05) is 39.0 Å². The topological polar surface area (TPSA) is 50.4 Å². The second-order valence-electron chi connectivity index (χ2n) is 4.76. The zero-order chi connectivity index (χ0) is 14.8. The van der Waals surface area contributed by atoms with Gasteiger partial charge in [-0.2, -0.15) is 0 Å². The third-order valence-corrected chi connectivity index (χ3v) is 3.25. The van der Waals surface area contributed by atoms with Crippen LogP contribution in [0.4, 0.5) is 0 Å². The van der Waals surface area contributed by atoms with Gasteiger partial charge in [0.2, 0.25) is 0 Å². The summed E-state index contributed by atoms with van der Waals surface area (Å²) in [7, 11) is 0. The fraction of sp³-hybridized carbons (Fsp3) is 0.562. The Bertz CT molecular complexity index is 403. The van der Waals surface area contributed by atoms with Crippen molar-refractivity contribution in [2.45, 2.75) is 46.2 Å². The summed E-state index contributed by atoms with van der Waals surface area (Å²) < 4.78 is 5.63. The van der Waals surface area contributed by atoms with Crippen molar-refractivity contribution >= 4 is 5.91 Å². The molecule has 4 nitrogen and oxygen atoms in total. The van der Waals surface area contributed by atoms with E-state index in [0.29, 0.717) is 0 Å². The van der Waals surface area contributed by atoms with Crippen LogP contribution in [-0.2, 0) is 11.3 Å². The molecule has 0 aliphatic rings. The SMILES string of the molecule is CCNCc1ccccc1OCC(=O)NC(CC)CC. The van der Waals surface area contributed by atoms with E-state index in [1.165, 1.54) is 0 Å². The molecule has 0 unspecified atom stereocenters. The van der Waals surface area contributed by atoms with E-state index in [1.807, 2.05) is 24.3 Å². The van der Waals surface area contributed by atoms with E-state index in [1.54, 1.807) is 0 Å². The highest BCUT2D eigenvalue weighted by Crippen LogP contribution is 2.17. The first-order valence-corrected chi connectivity index (χ1v) is 7.41. The molecule has 1 rings (SSSR count). The van der Waals surface area contributed by atoms with Crippen molar-refractivity contribution in [1.29, 1.82) is 0 Å². The Labute approximate surface area is 121 Å². The van der Waals surface area contributed by atoms with Crippen LogP contribution in [0.3, 0.4) is 0 Å². The summed E-state index contributed by atoms with van der Waals surface area (Å²) in [5, 5.41) is 6.23. The molecule has 0 spiro atoms. The highest BCUT2D eigenvalue weighted by Gasteiger charge is 2.10. The number of para-hydroxylation sites is 1. The number of benzene rings is 1. The van der Waals surface area contributed by atoms with E-state index in [2.05, 4.69) is 31.4 Å². The van der Waals surface area contributed by atoms with E-state index < -0.39 is 0 Å². The van der Waals surface area contributed by atoms with Gasteiger partial charge >= 0.3 is 0 Å². The van der Waals surface area contributed by atoms with Crippen LogP contribution in [0.2, 0.25) is 0 Å². The van der Waals surface area contributed by atoms with Crippen LogP contribution in [0.1, 0.15) is 39.2 Å². The number of nitrogens with one attached hydrogen (secondary N) is 2. The van der Waals surface area contributed by atoms with E-state index in [-0.39, 0.29) is 18.6 Å². The summed E-state index contributed by atoms with van der Waals surface area (Å²) in [6, 6.07) is 8.05. The minimum Gasteiger partial charge on any atom is -0.483 e. The third kappa shape index (κ3) is 5.61. The van der Waals surface area contributed by atoms with Crippen LogP contribution in [0.15, 0.2) is 24.3 Å². The van der Waals surface area contributed by atoms with Crippen molar-refractivity contribution in [1.82, 2.24) is 10.6 Å². The highest BCUT2D eigenvalue weighted by atomic mass is 16.5. The minimum absolute atomic E-state index is 0.0584. The van der Waals surface area contributed by atoms with Crippen LogP contribution >= 0.6 is 0 Å². The van der Waals surface area contributed by atoms with Crippen molar-refractivity contribution in [3.8, 4) is 5.75 Å². The molecule has 1 aromatic rings. The first-order chi connectivity index (χ1) is 9.71. The summed E-state index contributed by atoms with van der Waals surface area (Å²) in [5.74, 6) is 0.713. The number of rotatable bonds is 9. The molecule has 0 saturated carbocycles. The molecular weight excluding hydrogens is 252 g/mol. The molecule has 0 aliphatic heterocycles. The minimum atomic E-state index is -0.0584. The standard InChI is InChI=1S/C16H26N2O2/c1-4-14(5-2)18-16(19)12-20-15-10-8-7-9-13(15)11-17-6-3/h7-10,14,17H,4-6,11-12H2,1-3H3,(H,18,19). The molecular formula is C16H26N2O2. The summed E-state index contributed by atoms with van der Waals surface area (Å²) in [6.45, 7) is 7.93.